The summed E-state index contributed by atoms with van der Waals surface area (Å²) in [6, 6.07) is 13.5. The summed E-state index contributed by atoms with van der Waals surface area (Å²) in [4.78, 5) is 12.6. The number of fused-ring (bicyclic) bond motifs is 1. The van der Waals surface area contributed by atoms with Gasteiger partial charge in [-0.15, -0.1) is 0 Å². The van der Waals surface area contributed by atoms with Crippen molar-refractivity contribution >= 4 is 21.7 Å². The van der Waals surface area contributed by atoms with Gasteiger partial charge in [0, 0.05) is 11.1 Å². The van der Waals surface area contributed by atoms with E-state index in [1.54, 1.807) is 55.7 Å². The molecule has 2 aromatic carbocycles. The van der Waals surface area contributed by atoms with Gasteiger partial charge in [-0.1, -0.05) is 24.3 Å². The zero-order valence-corrected chi connectivity index (χ0v) is 12.8. The van der Waals surface area contributed by atoms with Gasteiger partial charge in [0.1, 0.15) is 5.75 Å². The minimum Gasteiger partial charge on any atom is -0.497 e. The first-order valence-corrected chi connectivity index (χ1v) is 8.37. The predicted molar refractivity (Wildman–Crippen MR) is 83.8 cm³/mol. The number of carbonyl (C=O) groups is 1. The van der Waals surface area contributed by atoms with Gasteiger partial charge >= 0.3 is 0 Å². The maximum absolute atomic E-state index is 12.5. The molecule has 1 aliphatic rings. The second kappa shape index (κ2) is 5.42. The van der Waals surface area contributed by atoms with Gasteiger partial charge in [0.05, 0.1) is 17.8 Å². The third kappa shape index (κ3) is 2.55. The third-order valence-corrected chi connectivity index (χ3v) is 5.26. The fourth-order valence-electron chi connectivity index (χ4n) is 2.49. The van der Waals surface area contributed by atoms with Gasteiger partial charge < -0.3 is 4.74 Å². The number of Topliss-reactive ketones (excluding diaryl/α,β-unsaturated/α-hetero) is 1. The second-order valence-corrected chi connectivity index (χ2v) is 6.99. The lowest BCUT2D eigenvalue weighted by Crippen LogP contribution is -2.24. The Bertz CT molecular complexity index is 879. The Balaban J connectivity index is 2.10. The Morgan fingerprint density at radius 2 is 1.86 bits per heavy atom. The molecule has 1 heterocycles. The molecule has 112 valence electrons. The van der Waals surface area contributed by atoms with Gasteiger partial charge in [-0.2, -0.15) is 0 Å². The topological polar surface area (TPSA) is 60.4 Å². The van der Waals surface area contributed by atoms with Gasteiger partial charge in [-0.3, -0.25) is 4.79 Å². The van der Waals surface area contributed by atoms with Crippen LogP contribution in [0.4, 0.5) is 0 Å². The molecule has 0 atom stereocenters. The van der Waals surface area contributed by atoms with E-state index in [-0.39, 0.29) is 27.6 Å². The summed E-state index contributed by atoms with van der Waals surface area (Å²) in [6.07, 6.45) is 1.61. The lowest BCUT2D eigenvalue weighted by atomic mass is 10.0. The molecule has 0 radical (unpaired) electrons. The van der Waals surface area contributed by atoms with Crippen LogP contribution in [0.25, 0.3) is 6.08 Å². The van der Waals surface area contributed by atoms with Gasteiger partial charge in [0.2, 0.25) is 0 Å². The van der Waals surface area contributed by atoms with E-state index in [2.05, 4.69) is 0 Å². The maximum atomic E-state index is 12.5. The Hall–Kier alpha value is -2.40. The molecule has 0 saturated carbocycles. The van der Waals surface area contributed by atoms with E-state index in [9.17, 15) is 13.2 Å². The standard InChI is InChI=1S/C17H14O4S/c1-21-14-6-4-5-12(10-14)9-13-11-22(19,20)16-8-3-2-7-15(16)17(13)18/h2-10H,11H2,1H3/b13-9-. The van der Waals surface area contributed by atoms with Crippen molar-refractivity contribution in [3.8, 4) is 5.75 Å². The molecular formula is C17H14O4S. The van der Waals surface area contributed by atoms with Gasteiger partial charge in [-0.05, 0) is 35.9 Å². The highest BCUT2D eigenvalue weighted by atomic mass is 32.2. The SMILES string of the molecule is COc1cccc(/C=C2/CS(=O)(=O)c3ccccc3C2=O)c1. The number of ether oxygens (including phenoxy) is 1. The number of benzene rings is 2. The Morgan fingerprint density at radius 1 is 1.09 bits per heavy atom. The van der Waals surface area contributed by atoms with E-state index in [0.29, 0.717) is 5.75 Å². The van der Waals surface area contributed by atoms with Crippen LogP contribution >= 0.6 is 0 Å². The molecule has 4 nitrogen and oxygen atoms in total. The largest absolute Gasteiger partial charge is 0.497 e. The van der Waals surface area contributed by atoms with Crippen molar-refractivity contribution in [2.45, 2.75) is 4.90 Å². The Kier molecular flexibility index (Phi) is 3.58. The van der Waals surface area contributed by atoms with Crippen molar-refractivity contribution in [1.82, 2.24) is 0 Å². The molecule has 0 fully saturated rings. The average Bonchev–Trinajstić information content (AvgIpc) is 2.52. The number of methoxy groups -OCH3 is 1. The number of hydrogen-bond donors (Lipinski definition) is 0. The van der Waals surface area contributed by atoms with Gasteiger partial charge in [0.25, 0.3) is 0 Å². The van der Waals surface area contributed by atoms with Crippen LogP contribution in [0.15, 0.2) is 59.0 Å². The fourth-order valence-corrected chi connectivity index (χ4v) is 4.05. The van der Waals surface area contributed by atoms with Crippen molar-refractivity contribution < 1.29 is 17.9 Å². The van der Waals surface area contributed by atoms with Crippen LogP contribution in [-0.2, 0) is 9.84 Å². The van der Waals surface area contributed by atoms with Crippen LogP contribution in [0.5, 0.6) is 5.75 Å². The second-order valence-electron chi connectivity index (χ2n) is 5.03. The van der Waals surface area contributed by atoms with Crippen LogP contribution in [0, 0.1) is 0 Å². The Labute approximate surface area is 129 Å². The number of sulfone groups is 1. The number of carbonyl (C=O) groups excluding carboxylic acids is 1. The van der Waals surface area contributed by atoms with E-state index in [1.807, 2.05) is 0 Å². The number of hydrogen-bond acceptors (Lipinski definition) is 4. The van der Waals surface area contributed by atoms with Crippen molar-refractivity contribution in [1.29, 1.82) is 0 Å². The molecule has 0 bridgehead atoms. The van der Waals surface area contributed by atoms with E-state index >= 15 is 0 Å². The van der Waals surface area contributed by atoms with E-state index < -0.39 is 9.84 Å². The highest BCUT2D eigenvalue weighted by molar-refractivity contribution is 7.91. The summed E-state index contributed by atoms with van der Waals surface area (Å²) < 4.78 is 29.8. The van der Waals surface area contributed by atoms with Gasteiger partial charge in [0.15, 0.2) is 15.6 Å². The average molecular weight is 314 g/mol. The molecule has 3 rings (SSSR count). The van der Waals surface area contributed by atoms with Crippen LogP contribution in [0.1, 0.15) is 15.9 Å². The minimum atomic E-state index is -3.48. The summed E-state index contributed by atoms with van der Waals surface area (Å²) in [5, 5.41) is 0. The first-order valence-electron chi connectivity index (χ1n) is 6.72. The van der Waals surface area contributed by atoms with E-state index in [0.717, 1.165) is 5.56 Å². The summed E-state index contributed by atoms with van der Waals surface area (Å²) in [7, 11) is -1.93. The molecule has 0 amide bonds. The summed E-state index contributed by atoms with van der Waals surface area (Å²) in [5.74, 6) is 0.133. The van der Waals surface area contributed by atoms with Crippen molar-refractivity contribution in [3.63, 3.8) is 0 Å². The van der Waals surface area contributed by atoms with E-state index in [4.69, 9.17) is 4.74 Å². The highest BCUT2D eigenvalue weighted by Gasteiger charge is 2.32. The zero-order valence-electron chi connectivity index (χ0n) is 11.9. The minimum absolute atomic E-state index is 0.114. The van der Waals surface area contributed by atoms with Crippen LogP contribution in [0.2, 0.25) is 0 Å². The molecule has 0 saturated heterocycles. The first-order chi connectivity index (χ1) is 10.5. The van der Waals surface area contributed by atoms with Crippen LogP contribution in [-0.4, -0.2) is 27.1 Å². The summed E-state index contributed by atoms with van der Waals surface area (Å²) >= 11 is 0. The summed E-state index contributed by atoms with van der Waals surface area (Å²) in [6.45, 7) is 0. The monoisotopic (exact) mass is 314 g/mol. The fraction of sp³-hybridized carbons (Fsp3) is 0.118. The molecule has 5 heteroatoms. The molecular weight excluding hydrogens is 300 g/mol. The molecule has 0 aliphatic carbocycles. The third-order valence-electron chi connectivity index (χ3n) is 3.54. The Morgan fingerprint density at radius 3 is 2.64 bits per heavy atom. The van der Waals surface area contributed by atoms with Crippen molar-refractivity contribution in [3.05, 3.63) is 65.2 Å². The van der Waals surface area contributed by atoms with Crippen LogP contribution in [0.3, 0.4) is 0 Å². The van der Waals surface area contributed by atoms with Crippen molar-refractivity contribution in [2.75, 3.05) is 12.9 Å². The zero-order chi connectivity index (χ0) is 15.7. The lowest BCUT2D eigenvalue weighted by Gasteiger charge is -2.17. The highest BCUT2D eigenvalue weighted by Crippen LogP contribution is 2.29. The van der Waals surface area contributed by atoms with Gasteiger partial charge in [-0.25, -0.2) is 8.42 Å². The molecule has 0 N–H and O–H groups in total. The maximum Gasteiger partial charge on any atom is 0.191 e. The molecule has 0 spiro atoms. The molecule has 22 heavy (non-hydrogen) atoms. The first kappa shape index (κ1) is 14.5. The summed E-state index contributed by atoms with van der Waals surface area (Å²) in [5.41, 5.74) is 1.24. The smallest absolute Gasteiger partial charge is 0.191 e. The number of ketones is 1. The molecule has 0 aromatic heterocycles. The van der Waals surface area contributed by atoms with Crippen LogP contribution < -0.4 is 4.74 Å². The normalized spacial score (nSPS) is 18.0. The molecule has 1 aliphatic heterocycles. The molecule has 0 unspecified atom stereocenters. The number of rotatable bonds is 2. The lowest BCUT2D eigenvalue weighted by molar-refractivity contribution is 0.103. The quantitative estimate of drug-likeness (QED) is 0.800. The molecule has 2 aromatic rings. The predicted octanol–water partition coefficient (Wildman–Crippen LogP) is 2.75. The van der Waals surface area contributed by atoms with E-state index in [1.165, 1.54) is 6.07 Å². The van der Waals surface area contributed by atoms with Crippen molar-refractivity contribution in [2.24, 2.45) is 0 Å².